The van der Waals surface area contributed by atoms with Gasteiger partial charge in [0.15, 0.2) is 0 Å². The van der Waals surface area contributed by atoms with E-state index in [0.29, 0.717) is 11.3 Å². The van der Waals surface area contributed by atoms with Crippen molar-refractivity contribution in [1.82, 2.24) is 0 Å². The molecule has 1 rings (SSSR count). The van der Waals surface area contributed by atoms with E-state index in [2.05, 4.69) is 13.8 Å². The van der Waals surface area contributed by atoms with Gasteiger partial charge in [-0.1, -0.05) is 13.8 Å². The van der Waals surface area contributed by atoms with Crippen LogP contribution < -0.4 is 0 Å². The minimum absolute atomic E-state index is 0.239. The van der Waals surface area contributed by atoms with Crippen LogP contribution in [-0.4, -0.2) is 32.1 Å². The highest BCUT2D eigenvalue weighted by molar-refractivity contribution is 7.83. The van der Waals surface area contributed by atoms with Gasteiger partial charge in [0.25, 0.3) is 0 Å². The van der Waals surface area contributed by atoms with Crippen molar-refractivity contribution in [3.63, 3.8) is 0 Å². The summed E-state index contributed by atoms with van der Waals surface area (Å²) in [6.07, 6.45) is 0. The number of hydrogen-bond donors (Lipinski definition) is 0. The first-order valence-corrected chi connectivity index (χ1v) is 4.87. The fourth-order valence-corrected chi connectivity index (χ4v) is 2.44. The van der Waals surface area contributed by atoms with E-state index in [0.717, 1.165) is 13.2 Å². The zero-order chi connectivity index (χ0) is 6.85. The molecule has 1 heterocycles. The summed E-state index contributed by atoms with van der Waals surface area (Å²) in [5.41, 5.74) is 1.20. The molecular formula is C6H12BOP. The third kappa shape index (κ3) is 1.69. The quantitative estimate of drug-likeness (QED) is 0.366. The van der Waals surface area contributed by atoms with E-state index < -0.39 is 0 Å². The molecule has 0 aliphatic carbocycles. The van der Waals surface area contributed by atoms with Crippen LogP contribution in [0.2, 0.25) is 0 Å². The van der Waals surface area contributed by atoms with Gasteiger partial charge in [-0.05, 0) is 11.3 Å². The van der Waals surface area contributed by atoms with Gasteiger partial charge < -0.3 is 4.74 Å². The fourth-order valence-electron chi connectivity index (χ4n) is 1.02. The summed E-state index contributed by atoms with van der Waals surface area (Å²) in [5, 5.41) is 0. The van der Waals surface area contributed by atoms with Crippen LogP contribution in [0.25, 0.3) is 0 Å². The van der Waals surface area contributed by atoms with Gasteiger partial charge in [0.05, 0.1) is 13.2 Å². The van der Waals surface area contributed by atoms with Gasteiger partial charge in [0.1, 0.15) is 7.57 Å². The van der Waals surface area contributed by atoms with Crippen molar-refractivity contribution in [3.05, 3.63) is 0 Å². The molecule has 0 aromatic carbocycles. The molecule has 3 heteroatoms. The van der Waals surface area contributed by atoms with E-state index in [1.54, 1.807) is 0 Å². The fraction of sp³-hybridized carbons (Fsp3) is 1.00. The van der Waals surface area contributed by atoms with E-state index in [9.17, 15) is 0 Å². The molecule has 2 atom stereocenters. The highest BCUT2D eigenvalue weighted by atomic mass is 31.1. The molecule has 9 heavy (non-hydrogen) atoms. The summed E-state index contributed by atoms with van der Waals surface area (Å²) in [7, 11) is 5.67. The normalized spacial score (nSPS) is 38.9. The Hall–Kier alpha value is 0.455. The molecule has 0 unspecified atom stereocenters. The van der Waals surface area contributed by atoms with E-state index in [1.807, 2.05) is 0 Å². The molecule has 0 spiro atoms. The Labute approximate surface area is 59.3 Å². The molecule has 0 bridgehead atoms. The zero-order valence-corrected chi connectivity index (χ0v) is 6.90. The van der Waals surface area contributed by atoms with Gasteiger partial charge in [-0.2, -0.15) is 0 Å². The average molecular weight is 142 g/mol. The number of ether oxygens (including phenoxy) is 1. The van der Waals surface area contributed by atoms with Crippen molar-refractivity contribution < 1.29 is 4.74 Å². The number of hydrogen-bond acceptors (Lipinski definition) is 1. The zero-order valence-electron chi connectivity index (χ0n) is 6.00. The standard InChI is InChI=1S/C6H12BOP/c1-5-3-8-4-6(2)9(5)7/h5-6H,3-4H2,1-2H3/t5-,6-/m1/s1. The Morgan fingerprint density at radius 2 is 1.78 bits per heavy atom. The van der Waals surface area contributed by atoms with Crippen molar-refractivity contribution in [2.24, 2.45) is 0 Å². The highest BCUT2D eigenvalue weighted by Crippen LogP contribution is 2.43. The molecule has 0 saturated carbocycles. The molecule has 1 nitrogen and oxygen atoms in total. The van der Waals surface area contributed by atoms with Gasteiger partial charge >= 0.3 is 0 Å². The van der Waals surface area contributed by atoms with Crippen molar-refractivity contribution in [2.45, 2.75) is 25.2 Å². The van der Waals surface area contributed by atoms with E-state index in [4.69, 9.17) is 12.3 Å². The second-order valence-electron chi connectivity index (χ2n) is 2.68. The first-order valence-electron chi connectivity index (χ1n) is 3.32. The Kier molecular flexibility index (Phi) is 2.54. The lowest BCUT2D eigenvalue weighted by atomic mass is 10.4. The Balaban J connectivity index is 2.41. The molecule has 0 aromatic rings. The van der Waals surface area contributed by atoms with Gasteiger partial charge in [0, 0.05) is 0 Å². The van der Waals surface area contributed by atoms with Crippen LogP contribution in [0.1, 0.15) is 13.8 Å². The third-order valence-corrected chi connectivity index (χ3v) is 4.07. The molecule has 0 N–H and O–H groups in total. The molecule has 1 saturated heterocycles. The maximum Gasteiger partial charge on any atom is 0.109 e. The minimum Gasteiger partial charge on any atom is -0.380 e. The summed E-state index contributed by atoms with van der Waals surface area (Å²) in [6.45, 7) is 6.07. The second-order valence-corrected chi connectivity index (χ2v) is 5.34. The van der Waals surface area contributed by atoms with Gasteiger partial charge in [-0.3, -0.25) is 0 Å². The highest BCUT2D eigenvalue weighted by Gasteiger charge is 2.22. The smallest absolute Gasteiger partial charge is 0.109 e. The molecule has 0 amide bonds. The van der Waals surface area contributed by atoms with Crippen LogP contribution in [0.15, 0.2) is 0 Å². The van der Waals surface area contributed by atoms with Crippen molar-refractivity contribution in [3.8, 4) is 0 Å². The Morgan fingerprint density at radius 3 is 2.11 bits per heavy atom. The lowest BCUT2D eigenvalue weighted by molar-refractivity contribution is 0.130. The first kappa shape index (κ1) is 7.56. The SMILES string of the molecule is [B]P1[C@H](C)COC[C@H]1C. The Bertz CT molecular complexity index is 89.1. The maximum atomic E-state index is 5.91. The van der Waals surface area contributed by atoms with Gasteiger partial charge in [0.2, 0.25) is 0 Å². The molecule has 1 aliphatic heterocycles. The summed E-state index contributed by atoms with van der Waals surface area (Å²) < 4.78 is 5.30. The van der Waals surface area contributed by atoms with Crippen LogP contribution in [0, 0.1) is 0 Å². The topological polar surface area (TPSA) is 9.23 Å². The molecule has 1 fully saturated rings. The Morgan fingerprint density at radius 1 is 1.33 bits per heavy atom. The van der Waals surface area contributed by atoms with Crippen LogP contribution in [0.3, 0.4) is 0 Å². The predicted molar refractivity (Wildman–Crippen MR) is 42.4 cm³/mol. The molecule has 2 radical (unpaired) electrons. The van der Waals surface area contributed by atoms with Crippen molar-refractivity contribution in [1.29, 1.82) is 0 Å². The monoisotopic (exact) mass is 142 g/mol. The van der Waals surface area contributed by atoms with E-state index in [-0.39, 0.29) is 7.80 Å². The van der Waals surface area contributed by atoms with Crippen LogP contribution in [0.4, 0.5) is 0 Å². The summed E-state index contributed by atoms with van der Waals surface area (Å²) in [5.74, 6) is 0. The second kappa shape index (κ2) is 3.03. The van der Waals surface area contributed by atoms with Crippen molar-refractivity contribution >= 4 is 15.4 Å². The third-order valence-electron chi connectivity index (χ3n) is 1.74. The van der Waals surface area contributed by atoms with Crippen LogP contribution in [0.5, 0.6) is 0 Å². The van der Waals surface area contributed by atoms with Crippen molar-refractivity contribution in [2.75, 3.05) is 13.2 Å². The van der Waals surface area contributed by atoms with E-state index >= 15 is 0 Å². The lowest BCUT2D eigenvalue weighted by Gasteiger charge is -2.32. The lowest BCUT2D eigenvalue weighted by Crippen LogP contribution is -2.26. The summed E-state index contributed by atoms with van der Waals surface area (Å²) in [6, 6.07) is 0. The van der Waals surface area contributed by atoms with E-state index in [1.165, 1.54) is 0 Å². The first-order chi connectivity index (χ1) is 4.22. The molecular weight excluding hydrogens is 130 g/mol. The maximum absolute atomic E-state index is 5.91. The number of rotatable bonds is 0. The van der Waals surface area contributed by atoms with Gasteiger partial charge in [-0.25, -0.2) is 0 Å². The molecule has 50 valence electrons. The summed E-state index contributed by atoms with van der Waals surface area (Å²) in [4.78, 5) is 0. The largest absolute Gasteiger partial charge is 0.380 e. The molecule has 1 aliphatic rings. The summed E-state index contributed by atoms with van der Waals surface area (Å²) >= 11 is 0. The predicted octanol–water partition coefficient (Wildman–Crippen LogP) is 1.36. The van der Waals surface area contributed by atoms with Gasteiger partial charge in [-0.15, -0.1) is 7.80 Å². The van der Waals surface area contributed by atoms with Crippen LogP contribution in [-0.2, 0) is 4.74 Å². The average Bonchev–Trinajstić information content (AvgIpc) is 1.83. The molecule has 0 aromatic heterocycles. The van der Waals surface area contributed by atoms with Crippen LogP contribution >= 0.6 is 7.80 Å². The minimum atomic E-state index is -0.239.